The van der Waals surface area contributed by atoms with Gasteiger partial charge in [-0.15, -0.1) is 10.2 Å². The van der Waals surface area contributed by atoms with Crippen LogP contribution in [0.25, 0.3) is 0 Å². The first-order valence-electron chi connectivity index (χ1n) is 8.70. The largest absolute Gasteiger partial charge is 0.378 e. The Morgan fingerprint density at radius 2 is 1.67 bits per heavy atom. The highest BCUT2D eigenvalue weighted by molar-refractivity contribution is 6.02. The van der Waals surface area contributed by atoms with E-state index in [2.05, 4.69) is 40.7 Å². The molecule has 3 rings (SSSR count). The lowest BCUT2D eigenvalue weighted by Crippen LogP contribution is -2.15. The lowest BCUT2D eigenvalue weighted by molar-refractivity contribution is 0.102. The number of aromatic nitrogens is 2. The molecule has 0 atom stereocenters. The fourth-order valence-corrected chi connectivity index (χ4v) is 2.58. The molecular weight excluding hydrogens is 338 g/mol. The van der Waals surface area contributed by atoms with Gasteiger partial charge in [-0.3, -0.25) is 4.79 Å². The van der Waals surface area contributed by atoms with Gasteiger partial charge in [0, 0.05) is 31.2 Å². The average molecular weight is 361 g/mol. The van der Waals surface area contributed by atoms with Gasteiger partial charge in [0.05, 0.1) is 0 Å². The maximum absolute atomic E-state index is 12.4. The summed E-state index contributed by atoms with van der Waals surface area (Å²) < 4.78 is 0. The van der Waals surface area contributed by atoms with Crippen molar-refractivity contribution in [3.63, 3.8) is 0 Å². The van der Waals surface area contributed by atoms with Gasteiger partial charge in [-0.05, 0) is 67.4 Å². The minimum Gasteiger partial charge on any atom is -0.378 e. The summed E-state index contributed by atoms with van der Waals surface area (Å²) >= 11 is 0. The van der Waals surface area contributed by atoms with Gasteiger partial charge in [-0.1, -0.05) is 12.1 Å². The van der Waals surface area contributed by atoms with Gasteiger partial charge >= 0.3 is 0 Å². The number of rotatable bonds is 5. The Morgan fingerprint density at radius 1 is 0.926 bits per heavy atom. The van der Waals surface area contributed by atoms with Crippen LogP contribution in [0.5, 0.6) is 0 Å². The van der Waals surface area contributed by atoms with Crippen LogP contribution < -0.4 is 15.5 Å². The van der Waals surface area contributed by atoms with Gasteiger partial charge in [0.25, 0.3) is 5.91 Å². The molecule has 0 fully saturated rings. The van der Waals surface area contributed by atoms with E-state index in [0.717, 1.165) is 16.9 Å². The Morgan fingerprint density at radius 3 is 2.30 bits per heavy atom. The van der Waals surface area contributed by atoms with Crippen molar-refractivity contribution in [1.29, 1.82) is 0 Å². The average Bonchev–Trinajstić information content (AvgIpc) is 2.66. The van der Waals surface area contributed by atoms with Crippen LogP contribution in [0.1, 0.15) is 21.6 Å². The van der Waals surface area contributed by atoms with Crippen LogP contribution in [0.4, 0.5) is 22.9 Å². The molecule has 2 aromatic carbocycles. The van der Waals surface area contributed by atoms with Crippen LogP contribution in [0.15, 0.2) is 54.6 Å². The number of nitrogens with zero attached hydrogens (tertiary/aromatic N) is 3. The van der Waals surface area contributed by atoms with Crippen molar-refractivity contribution < 1.29 is 4.79 Å². The molecule has 0 saturated carbocycles. The first-order chi connectivity index (χ1) is 12.9. The highest BCUT2D eigenvalue weighted by Crippen LogP contribution is 2.21. The van der Waals surface area contributed by atoms with E-state index in [4.69, 9.17) is 0 Å². The van der Waals surface area contributed by atoms with Gasteiger partial charge in [0.15, 0.2) is 11.5 Å². The third-order valence-electron chi connectivity index (χ3n) is 4.41. The number of carbonyl (C=O) groups is 1. The predicted octanol–water partition coefficient (Wildman–Crippen LogP) is 4.16. The number of hydrogen-bond donors (Lipinski definition) is 2. The molecule has 0 bridgehead atoms. The van der Waals surface area contributed by atoms with Crippen LogP contribution in [-0.4, -0.2) is 30.2 Å². The zero-order valence-electron chi connectivity index (χ0n) is 15.9. The van der Waals surface area contributed by atoms with Gasteiger partial charge in [-0.25, -0.2) is 0 Å². The maximum Gasteiger partial charge on any atom is 0.276 e. The Bertz CT molecular complexity index is 934. The van der Waals surface area contributed by atoms with Gasteiger partial charge < -0.3 is 15.5 Å². The SMILES string of the molecule is Cc1cccc(Nc2ccc(C(=O)Nc3ccc(N(C)C)cc3)nn2)c1C. The second-order valence-corrected chi connectivity index (χ2v) is 6.57. The van der Waals surface area contributed by atoms with Crippen molar-refractivity contribution in [2.45, 2.75) is 13.8 Å². The van der Waals surface area contributed by atoms with E-state index in [1.54, 1.807) is 12.1 Å². The molecule has 0 radical (unpaired) electrons. The molecule has 138 valence electrons. The summed E-state index contributed by atoms with van der Waals surface area (Å²) in [5.41, 5.74) is 5.37. The first kappa shape index (κ1) is 18.4. The molecule has 2 N–H and O–H groups in total. The maximum atomic E-state index is 12.4. The highest BCUT2D eigenvalue weighted by Gasteiger charge is 2.10. The van der Waals surface area contributed by atoms with Crippen LogP contribution in [0.3, 0.4) is 0 Å². The van der Waals surface area contributed by atoms with Crippen molar-refractivity contribution in [1.82, 2.24) is 10.2 Å². The fourth-order valence-electron chi connectivity index (χ4n) is 2.58. The molecular formula is C21H23N5O. The summed E-state index contributed by atoms with van der Waals surface area (Å²) in [5.74, 6) is 0.300. The third-order valence-corrected chi connectivity index (χ3v) is 4.41. The summed E-state index contributed by atoms with van der Waals surface area (Å²) in [4.78, 5) is 14.4. The normalized spacial score (nSPS) is 10.4. The molecule has 27 heavy (non-hydrogen) atoms. The Labute approximate surface area is 159 Å². The number of nitrogens with one attached hydrogen (secondary N) is 2. The standard InChI is InChI=1S/C21H23N5O/c1-14-6-5-7-18(15(14)2)23-20-13-12-19(24-25-20)21(27)22-16-8-10-17(11-9-16)26(3)4/h5-13H,1-4H3,(H,22,27)(H,23,25). The predicted molar refractivity (Wildman–Crippen MR) is 110 cm³/mol. The smallest absolute Gasteiger partial charge is 0.276 e. The number of benzene rings is 2. The van der Waals surface area contributed by atoms with Crippen LogP contribution >= 0.6 is 0 Å². The molecule has 1 aromatic heterocycles. The Balaban J connectivity index is 1.67. The van der Waals surface area contributed by atoms with E-state index in [1.807, 2.05) is 55.4 Å². The molecule has 0 aliphatic heterocycles. The van der Waals surface area contributed by atoms with Gasteiger partial charge in [-0.2, -0.15) is 0 Å². The molecule has 6 nitrogen and oxygen atoms in total. The quantitative estimate of drug-likeness (QED) is 0.714. The number of anilines is 4. The molecule has 6 heteroatoms. The zero-order valence-corrected chi connectivity index (χ0v) is 15.9. The topological polar surface area (TPSA) is 70.2 Å². The van der Waals surface area contributed by atoms with Crippen molar-refractivity contribution >= 4 is 28.8 Å². The van der Waals surface area contributed by atoms with Crippen LogP contribution in [0.2, 0.25) is 0 Å². The van der Waals surface area contributed by atoms with Crippen molar-refractivity contribution in [3.05, 3.63) is 71.4 Å². The van der Waals surface area contributed by atoms with E-state index in [0.29, 0.717) is 11.5 Å². The van der Waals surface area contributed by atoms with E-state index in [9.17, 15) is 4.79 Å². The highest BCUT2D eigenvalue weighted by atomic mass is 16.1. The molecule has 1 heterocycles. The summed E-state index contributed by atoms with van der Waals surface area (Å²) in [6.45, 7) is 4.11. The second kappa shape index (κ2) is 7.86. The molecule has 0 unspecified atom stereocenters. The summed E-state index contributed by atoms with van der Waals surface area (Å²) in [7, 11) is 3.94. The summed E-state index contributed by atoms with van der Waals surface area (Å²) in [6, 6.07) is 17.0. The van der Waals surface area contributed by atoms with Crippen molar-refractivity contribution in [2.24, 2.45) is 0 Å². The molecule has 0 aliphatic rings. The monoisotopic (exact) mass is 361 g/mol. The summed E-state index contributed by atoms with van der Waals surface area (Å²) in [6.07, 6.45) is 0. The molecule has 0 aliphatic carbocycles. The fraction of sp³-hybridized carbons (Fsp3) is 0.190. The molecule has 0 spiro atoms. The van der Waals surface area contributed by atoms with E-state index in [1.165, 1.54) is 5.56 Å². The van der Waals surface area contributed by atoms with Crippen LogP contribution in [0, 0.1) is 13.8 Å². The molecule has 1 amide bonds. The van der Waals surface area contributed by atoms with E-state index < -0.39 is 0 Å². The molecule has 3 aromatic rings. The minimum atomic E-state index is -0.293. The van der Waals surface area contributed by atoms with Gasteiger partial charge in [0.1, 0.15) is 0 Å². The third kappa shape index (κ3) is 4.41. The Kier molecular flexibility index (Phi) is 5.35. The summed E-state index contributed by atoms with van der Waals surface area (Å²) in [5, 5.41) is 14.2. The van der Waals surface area contributed by atoms with E-state index >= 15 is 0 Å². The molecule has 0 saturated heterocycles. The first-order valence-corrected chi connectivity index (χ1v) is 8.70. The zero-order chi connectivity index (χ0) is 19.4. The van der Waals surface area contributed by atoms with E-state index in [-0.39, 0.29) is 11.6 Å². The van der Waals surface area contributed by atoms with Crippen molar-refractivity contribution in [3.8, 4) is 0 Å². The number of amides is 1. The number of aryl methyl sites for hydroxylation is 1. The minimum absolute atomic E-state index is 0.262. The van der Waals surface area contributed by atoms with Gasteiger partial charge in [0.2, 0.25) is 0 Å². The number of carbonyl (C=O) groups excluding carboxylic acids is 1. The lowest BCUT2D eigenvalue weighted by atomic mass is 10.1. The Hall–Kier alpha value is -3.41. The van der Waals surface area contributed by atoms with Crippen LogP contribution in [-0.2, 0) is 0 Å². The van der Waals surface area contributed by atoms with Crippen molar-refractivity contribution in [2.75, 3.05) is 29.6 Å². The second-order valence-electron chi connectivity index (χ2n) is 6.57. The number of hydrogen-bond acceptors (Lipinski definition) is 5. The lowest BCUT2D eigenvalue weighted by Gasteiger charge is -2.13.